The SMILES string of the molecule is N[C@@H](CCC(=O)[O-])C(=O)[O-].[Br-].[H+].[Mg+2]. The van der Waals surface area contributed by atoms with Crippen molar-refractivity contribution in [3.8, 4) is 0 Å². The topological polar surface area (TPSA) is 106 Å². The van der Waals surface area contributed by atoms with E-state index < -0.39 is 18.0 Å². The van der Waals surface area contributed by atoms with Crippen LogP contribution in [0.15, 0.2) is 0 Å². The van der Waals surface area contributed by atoms with Crippen molar-refractivity contribution in [1.29, 1.82) is 0 Å². The van der Waals surface area contributed by atoms with Gasteiger partial charge in [-0.1, -0.05) is 0 Å². The molecule has 66 valence electrons. The van der Waals surface area contributed by atoms with Gasteiger partial charge < -0.3 is 42.5 Å². The number of halogens is 1. The van der Waals surface area contributed by atoms with E-state index in [-0.39, 0.29) is 54.3 Å². The third kappa shape index (κ3) is 10.1. The predicted octanol–water partition coefficient (Wildman–Crippen LogP) is -6.67. The number of rotatable bonds is 4. The van der Waals surface area contributed by atoms with E-state index in [1.54, 1.807) is 0 Å². The summed E-state index contributed by atoms with van der Waals surface area (Å²) in [6, 6.07) is -1.21. The molecule has 0 aromatic carbocycles. The molecule has 5 nitrogen and oxygen atoms in total. The second-order valence-electron chi connectivity index (χ2n) is 1.84. The molecule has 12 heavy (non-hydrogen) atoms. The van der Waals surface area contributed by atoms with E-state index in [9.17, 15) is 19.8 Å². The van der Waals surface area contributed by atoms with Gasteiger partial charge in [0.05, 0.1) is 5.97 Å². The second-order valence-corrected chi connectivity index (χ2v) is 1.84. The molecule has 0 saturated heterocycles. The van der Waals surface area contributed by atoms with E-state index >= 15 is 0 Å². The van der Waals surface area contributed by atoms with Gasteiger partial charge in [0.15, 0.2) is 0 Å². The van der Waals surface area contributed by atoms with Crippen molar-refractivity contribution in [2.24, 2.45) is 5.73 Å². The molecule has 0 aromatic rings. The zero-order valence-electron chi connectivity index (χ0n) is 7.29. The van der Waals surface area contributed by atoms with Gasteiger partial charge in [-0.05, 0) is 12.8 Å². The molecule has 0 aliphatic heterocycles. The molecule has 0 bridgehead atoms. The van der Waals surface area contributed by atoms with Gasteiger partial charge >= 0.3 is 24.5 Å². The molecule has 0 aliphatic rings. The van der Waals surface area contributed by atoms with E-state index in [1.807, 2.05) is 0 Å². The van der Waals surface area contributed by atoms with Crippen molar-refractivity contribution in [1.82, 2.24) is 0 Å². The summed E-state index contributed by atoms with van der Waals surface area (Å²) in [7, 11) is 0. The summed E-state index contributed by atoms with van der Waals surface area (Å²) in [6.45, 7) is 0. The Bertz CT molecular complexity index is 159. The minimum Gasteiger partial charge on any atom is -1.00 e. The molecule has 0 radical (unpaired) electrons. The molecule has 0 saturated carbocycles. The van der Waals surface area contributed by atoms with Gasteiger partial charge in [0.1, 0.15) is 0 Å². The molecule has 0 spiro atoms. The van der Waals surface area contributed by atoms with E-state index in [4.69, 9.17) is 5.73 Å². The Labute approximate surface area is 97.7 Å². The standard InChI is InChI=1S/C5H9NO4.BrH.Mg/c6-3(5(9)10)1-2-4(7)8;;/h3H,1-2,6H2,(H,7,8)(H,9,10);1H;/q;;+2/p-2/t3-;;/m0../s1. The fourth-order valence-electron chi connectivity index (χ4n) is 0.391. The van der Waals surface area contributed by atoms with Gasteiger partial charge in [-0.15, -0.1) is 0 Å². The smallest absolute Gasteiger partial charge is 1.00 e. The van der Waals surface area contributed by atoms with E-state index in [0.717, 1.165) is 0 Å². The van der Waals surface area contributed by atoms with E-state index in [2.05, 4.69) is 0 Å². The first-order valence-corrected chi connectivity index (χ1v) is 2.70. The maximum atomic E-state index is 9.86. The Balaban J connectivity index is -0.000000135. The van der Waals surface area contributed by atoms with Gasteiger partial charge in [-0.2, -0.15) is 0 Å². The number of nitrogens with two attached hydrogens (primary N) is 1. The van der Waals surface area contributed by atoms with Crippen LogP contribution in [-0.4, -0.2) is 41.0 Å². The molecule has 7 heteroatoms. The number of carbonyl (C=O) groups excluding carboxylic acids is 2. The first-order chi connectivity index (χ1) is 4.54. The minimum absolute atomic E-state index is 0. The van der Waals surface area contributed by atoms with Crippen molar-refractivity contribution in [3.63, 3.8) is 0 Å². The zero-order valence-corrected chi connectivity index (χ0v) is 9.29. The molecule has 1 atom stereocenters. The molecular formula is C5H8BrMgNO4. The third-order valence-electron chi connectivity index (χ3n) is 0.962. The van der Waals surface area contributed by atoms with E-state index in [0.29, 0.717) is 0 Å². The quantitative estimate of drug-likeness (QED) is 0.499. The Morgan fingerprint density at radius 2 is 1.83 bits per heavy atom. The van der Waals surface area contributed by atoms with Crippen molar-refractivity contribution in [2.75, 3.05) is 0 Å². The van der Waals surface area contributed by atoms with Crippen LogP contribution in [0, 0.1) is 0 Å². The summed E-state index contributed by atoms with van der Waals surface area (Å²) in [5.74, 6) is -2.75. The fraction of sp³-hybridized carbons (Fsp3) is 0.600. The summed E-state index contributed by atoms with van der Waals surface area (Å²) in [4.78, 5) is 19.6. The van der Waals surface area contributed by atoms with Crippen LogP contribution >= 0.6 is 0 Å². The van der Waals surface area contributed by atoms with Crippen LogP contribution in [0.25, 0.3) is 0 Å². The molecule has 0 aromatic heterocycles. The minimum atomic E-state index is -1.44. The molecular weight excluding hydrogens is 242 g/mol. The van der Waals surface area contributed by atoms with Crippen molar-refractivity contribution < 1.29 is 38.2 Å². The number of hydrogen-bond acceptors (Lipinski definition) is 5. The fourth-order valence-corrected chi connectivity index (χ4v) is 0.391. The number of carbonyl (C=O) groups is 2. The van der Waals surface area contributed by atoms with Gasteiger partial charge in [0, 0.05) is 12.0 Å². The van der Waals surface area contributed by atoms with Crippen LogP contribution in [0.3, 0.4) is 0 Å². The maximum absolute atomic E-state index is 9.86. The van der Waals surface area contributed by atoms with Crippen LogP contribution in [0.5, 0.6) is 0 Å². The first-order valence-electron chi connectivity index (χ1n) is 2.70. The average Bonchev–Trinajstić information content (AvgIpc) is 1.82. The summed E-state index contributed by atoms with van der Waals surface area (Å²) >= 11 is 0. The molecule has 0 rings (SSSR count). The van der Waals surface area contributed by atoms with Gasteiger partial charge in [0.25, 0.3) is 0 Å². The maximum Gasteiger partial charge on any atom is 2.00 e. The molecule has 0 fully saturated rings. The van der Waals surface area contributed by atoms with Crippen LogP contribution in [-0.2, 0) is 9.59 Å². The zero-order chi connectivity index (χ0) is 8.15. The largest absolute Gasteiger partial charge is 2.00 e. The number of hydrogen-bond donors (Lipinski definition) is 1. The molecule has 0 unspecified atom stereocenters. The second kappa shape index (κ2) is 9.24. The summed E-state index contributed by atoms with van der Waals surface area (Å²) < 4.78 is 0. The Morgan fingerprint density at radius 1 is 1.42 bits per heavy atom. The third-order valence-corrected chi connectivity index (χ3v) is 0.962. The average molecular weight is 250 g/mol. The number of aliphatic carboxylic acids is 2. The summed E-state index contributed by atoms with van der Waals surface area (Å²) in [5, 5.41) is 19.6. The van der Waals surface area contributed by atoms with Crippen LogP contribution in [0.1, 0.15) is 14.3 Å². The van der Waals surface area contributed by atoms with Gasteiger partial charge in [0.2, 0.25) is 0 Å². The van der Waals surface area contributed by atoms with Crippen LogP contribution in [0.2, 0.25) is 0 Å². The Morgan fingerprint density at radius 3 is 2.08 bits per heavy atom. The van der Waals surface area contributed by atoms with Crippen molar-refractivity contribution >= 4 is 35.0 Å². The van der Waals surface area contributed by atoms with Gasteiger partial charge in [-0.25, -0.2) is 0 Å². The molecule has 2 N–H and O–H groups in total. The van der Waals surface area contributed by atoms with Crippen molar-refractivity contribution in [2.45, 2.75) is 18.9 Å². The van der Waals surface area contributed by atoms with Crippen LogP contribution < -0.4 is 32.9 Å². The normalized spacial score (nSPS) is 10.4. The predicted molar refractivity (Wildman–Crippen MR) is 34.1 cm³/mol. The first kappa shape index (κ1) is 18.0. The van der Waals surface area contributed by atoms with Gasteiger partial charge in [-0.3, -0.25) is 0 Å². The number of carboxylic acids is 2. The Kier molecular flexibility index (Phi) is 13.9. The summed E-state index contributed by atoms with van der Waals surface area (Å²) in [6.07, 6.45) is -0.500. The van der Waals surface area contributed by atoms with Crippen LogP contribution in [0.4, 0.5) is 0 Å². The monoisotopic (exact) mass is 249 g/mol. The number of carboxylic acid groups (broad SMARTS) is 2. The van der Waals surface area contributed by atoms with E-state index in [1.165, 1.54) is 0 Å². The summed E-state index contributed by atoms with van der Waals surface area (Å²) in [5.41, 5.74) is 4.91. The Hall–Kier alpha value is 0.146. The van der Waals surface area contributed by atoms with Crippen molar-refractivity contribution in [3.05, 3.63) is 0 Å². The molecule has 0 amide bonds. The molecule has 0 aliphatic carbocycles. The molecule has 0 heterocycles.